The SMILES string of the molecule is O=C(O)c1cc(Br)cc2c1cnn2-c1ccc(F)cc1. The van der Waals surface area contributed by atoms with Gasteiger partial charge in [0.25, 0.3) is 0 Å². The number of benzene rings is 2. The molecule has 0 radical (unpaired) electrons. The summed E-state index contributed by atoms with van der Waals surface area (Å²) in [5.41, 5.74) is 1.47. The highest BCUT2D eigenvalue weighted by molar-refractivity contribution is 9.10. The summed E-state index contributed by atoms with van der Waals surface area (Å²) >= 11 is 3.29. The molecule has 0 aliphatic rings. The molecule has 6 heteroatoms. The summed E-state index contributed by atoms with van der Waals surface area (Å²) in [5.74, 6) is -1.35. The zero-order valence-electron chi connectivity index (χ0n) is 10.0. The Balaban J connectivity index is 2.28. The van der Waals surface area contributed by atoms with Gasteiger partial charge < -0.3 is 5.11 Å². The predicted octanol–water partition coefficient (Wildman–Crippen LogP) is 3.63. The van der Waals surface area contributed by atoms with E-state index in [1.54, 1.807) is 22.9 Å². The van der Waals surface area contributed by atoms with Gasteiger partial charge in [0, 0.05) is 9.86 Å². The molecule has 3 aromatic rings. The van der Waals surface area contributed by atoms with E-state index in [1.807, 2.05) is 0 Å². The minimum atomic E-state index is -1.02. The fourth-order valence-corrected chi connectivity index (χ4v) is 2.50. The Labute approximate surface area is 121 Å². The summed E-state index contributed by atoms with van der Waals surface area (Å²) in [4.78, 5) is 11.3. The zero-order valence-corrected chi connectivity index (χ0v) is 11.6. The van der Waals surface area contributed by atoms with Crippen molar-refractivity contribution < 1.29 is 14.3 Å². The average molecular weight is 335 g/mol. The Kier molecular flexibility index (Phi) is 3.02. The Morgan fingerprint density at radius 3 is 2.60 bits per heavy atom. The lowest BCUT2D eigenvalue weighted by atomic mass is 10.1. The molecule has 0 unspecified atom stereocenters. The number of carboxylic acids is 1. The lowest BCUT2D eigenvalue weighted by Crippen LogP contribution is -1.99. The number of carbonyl (C=O) groups is 1. The van der Waals surface area contributed by atoms with Crippen molar-refractivity contribution >= 4 is 32.8 Å². The first kappa shape index (κ1) is 12.8. The van der Waals surface area contributed by atoms with Gasteiger partial charge in [-0.25, -0.2) is 13.9 Å². The van der Waals surface area contributed by atoms with Crippen LogP contribution in [-0.4, -0.2) is 20.9 Å². The van der Waals surface area contributed by atoms with E-state index in [1.165, 1.54) is 24.4 Å². The van der Waals surface area contributed by atoms with Crippen molar-refractivity contribution in [3.05, 3.63) is 58.4 Å². The van der Waals surface area contributed by atoms with Crippen LogP contribution in [0.2, 0.25) is 0 Å². The van der Waals surface area contributed by atoms with E-state index in [-0.39, 0.29) is 11.4 Å². The summed E-state index contributed by atoms with van der Waals surface area (Å²) in [5, 5.41) is 13.9. The molecule has 3 rings (SSSR count). The van der Waals surface area contributed by atoms with Crippen LogP contribution in [0.15, 0.2) is 47.1 Å². The van der Waals surface area contributed by atoms with Gasteiger partial charge in [0.05, 0.1) is 23.0 Å². The molecule has 20 heavy (non-hydrogen) atoms. The number of hydrogen-bond donors (Lipinski definition) is 1. The third kappa shape index (κ3) is 2.08. The van der Waals surface area contributed by atoms with Crippen molar-refractivity contribution in [2.24, 2.45) is 0 Å². The molecule has 2 aromatic carbocycles. The summed E-state index contributed by atoms with van der Waals surface area (Å²) in [6.45, 7) is 0. The fraction of sp³-hybridized carbons (Fsp3) is 0. The number of aromatic nitrogens is 2. The molecule has 0 aliphatic heterocycles. The second kappa shape index (κ2) is 4.72. The van der Waals surface area contributed by atoms with E-state index < -0.39 is 5.97 Å². The van der Waals surface area contributed by atoms with E-state index >= 15 is 0 Å². The van der Waals surface area contributed by atoms with Crippen molar-refractivity contribution in [3.63, 3.8) is 0 Å². The second-order valence-electron chi connectivity index (χ2n) is 4.22. The van der Waals surface area contributed by atoms with Crippen molar-refractivity contribution in [2.45, 2.75) is 0 Å². The Morgan fingerprint density at radius 1 is 1.25 bits per heavy atom. The highest BCUT2D eigenvalue weighted by Gasteiger charge is 2.14. The molecule has 0 atom stereocenters. The molecule has 1 heterocycles. The first-order valence-corrected chi connectivity index (χ1v) is 6.52. The first-order valence-electron chi connectivity index (χ1n) is 5.73. The third-order valence-corrected chi connectivity index (χ3v) is 3.41. The van der Waals surface area contributed by atoms with Crippen LogP contribution in [0, 0.1) is 5.82 Å². The monoisotopic (exact) mass is 334 g/mol. The van der Waals surface area contributed by atoms with Crippen molar-refractivity contribution in [1.29, 1.82) is 0 Å². The maximum Gasteiger partial charge on any atom is 0.336 e. The van der Waals surface area contributed by atoms with Gasteiger partial charge in [-0.3, -0.25) is 0 Å². The quantitative estimate of drug-likeness (QED) is 0.778. The smallest absolute Gasteiger partial charge is 0.336 e. The fourth-order valence-electron chi connectivity index (χ4n) is 2.06. The summed E-state index contributed by atoms with van der Waals surface area (Å²) < 4.78 is 15.2. The number of halogens is 2. The van der Waals surface area contributed by atoms with E-state index in [2.05, 4.69) is 21.0 Å². The molecule has 0 saturated carbocycles. The topological polar surface area (TPSA) is 55.1 Å². The standard InChI is InChI=1S/C14H8BrFN2O2/c15-8-5-11(14(19)20)12-7-17-18(13(12)6-8)10-3-1-9(16)2-4-10/h1-7H,(H,19,20). The van der Waals surface area contributed by atoms with E-state index in [9.17, 15) is 14.3 Å². The van der Waals surface area contributed by atoms with Gasteiger partial charge in [-0.2, -0.15) is 5.10 Å². The van der Waals surface area contributed by atoms with Gasteiger partial charge in [0.2, 0.25) is 0 Å². The van der Waals surface area contributed by atoms with Gasteiger partial charge in [0.15, 0.2) is 0 Å². The van der Waals surface area contributed by atoms with Crippen LogP contribution in [-0.2, 0) is 0 Å². The van der Waals surface area contributed by atoms with Crippen LogP contribution in [0.3, 0.4) is 0 Å². The zero-order chi connectivity index (χ0) is 14.3. The molecule has 0 saturated heterocycles. The van der Waals surface area contributed by atoms with Gasteiger partial charge in [-0.05, 0) is 36.4 Å². The molecule has 0 fully saturated rings. The Bertz CT molecular complexity index is 812. The summed E-state index contributed by atoms with van der Waals surface area (Å²) in [6.07, 6.45) is 1.49. The number of aromatic carboxylic acids is 1. The Morgan fingerprint density at radius 2 is 1.95 bits per heavy atom. The molecule has 0 amide bonds. The highest BCUT2D eigenvalue weighted by Crippen LogP contribution is 2.26. The van der Waals surface area contributed by atoms with Gasteiger partial charge in [-0.1, -0.05) is 15.9 Å². The molecule has 1 N–H and O–H groups in total. The number of rotatable bonds is 2. The van der Waals surface area contributed by atoms with Crippen LogP contribution >= 0.6 is 15.9 Å². The van der Waals surface area contributed by atoms with Crippen LogP contribution in [0.4, 0.5) is 4.39 Å². The molecular formula is C14H8BrFN2O2. The van der Waals surface area contributed by atoms with Crippen LogP contribution in [0.25, 0.3) is 16.6 Å². The largest absolute Gasteiger partial charge is 0.478 e. The third-order valence-electron chi connectivity index (χ3n) is 2.96. The van der Waals surface area contributed by atoms with Crippen LogP contribution < -0.4 is 0 Å². The lowest BCUT2D eigenvalue weighted by molar-refractivity contribution is 0.0699. The first-order chi connectivity index (χ1) is 9.56. The molecular weight excluding hydrogens is 327 g/mol. The Hall–Kier alpha value is -2.21. The highest BCUT2D eigenvalue weighted by atomic mass is 79.9. The number of carboxylic acid groups (broad SMARTS) is 1. The van der Waals surface area contributed by atoms with E-state index in [0.717, 1.165) is 0 Å². The summed E-state index contributed by atoms with van der Waals surface area (Å²) in [7, 11) is 0. The molecule has 4 nitrogen and oxygen atoms in total. The molecule has 0 aliphatic carbocycles. The molecule has 0 spiro atoms. The average Bonchev–Trinajstić information content (AvgIpc) is 2.82. The number of hydrogen-bond acceptors (Lipinski definition) is 2. The lowest BCUT2D eigenvalue weighted by Gasteiger charge is -2.05. The molecule has 0 bridgehead atoms. The maximum atomic E-state index is 13.0. The van der Waals surface area contributed by atoms with Crippen LogP contribution in [0.5, 0.6) is 0 Å². The van der Waals surface area contributed by atoms with Gasteiger partial charge in [-0.15, -0.1) is 0 Å². The second-order valence-corrected chi connectivity index (χ2v) is 5.14. The maximum absolute atomic E-state index is 13.0. The number of fused-ring (bicyclic) bond motifs is 1. The molecule has 1 aromatic heterocycles. The predicted molar refractivity (Wildman–Crippen MR) is 75.7 cm³/mol. The summed E-state index contributed by atoms with van der Waals surface area (Å²) in [6, 6.07) is 9.14. The minimum Gasteiger partial charge on any atom is -0.478 e. The van der Waals surface area contributed by atoms with E-state index in [4.69, 9.17) is 0 Å². The minimum absolute atomic E-state index is 0.169. The normalized spacial score (nSPS) is 10.9. The molecule has 100 valence electrons. The van der Waals surface area contributed by atoms with Crippen molar-refractivity contribution in [1.82, 2.24) is 9.78 Å². The van der Waals surface area contributed by atoms with Gasteiger partial charge in [0.1, 0.15) is 5.82 Å². The van der Waals surface area contributed by atoms with Gasteiger partial charge >= 0.3 is 5.97 Å². The van der Waals surface area contributed by atoms with E-state index in [0.29, 0.717) is 21.1 Å². The van der Waals surface area contributed by atoms with Crippen molar-refractivity contribution in [3.8, 4) is 5.69 Å². The van der Waals surface area contributed by atoms with Crippen LogP contribution in [0.1, 0.15) is 10.4 Å². The number of nitrogens with zero attached hydrogens (tertiary/aromatic N) is 2. The van der Waals surface area contributed by atoms with Crippen molar-refractivity contribution in [2.75, 3.05) is 0 Å².